The fourth-order valence-corrected chi connectivity index (χ4v) is 6.30. The summed E-state index contributed by atoms with van der Waals surface area (Å²) in [6, 6.07) is 31.7. The number of hydrogen-bond acceptors (Lipinski definition) is 8. The Hall–Kier alpha value is -5.33. The maximum Gasteiger partial charge on any atom is 0.247 e. The van der Waals surface area contributed by atoms with Gasteiger partial charge in [-0.25, -0.2) is 4.98 Å². The van der Waals surface area contributed by atoms with Crippen molar-refractivity contribution in [3.05, 3.63) is 127 Å². The lowest BCUT2D eigenvalue weighted by molar-refractivity contribution is -0.125. The molecule has 4 amide bonds. The molecule has 4 aromatic carbocycles. The van der Waals surface area contributed by atoms with Crippen LogP contribution in [-0.2, 0) is 32.0 Å². The monoisotopic (exact) mass is 721 g/mol. The molecule has 0 radical (unpaired) electrons. The highest BCUT2D eigenvalue weighted by molar-refractivity contribution is 7.98. The lowest BCUT2D eigenvalue weighted by Crippen LogP contribution is -2.46. The summed E-state index contributed by atoms with van der Waals surface area (Å²) in [7, 11) is 0. The molecule has 0 saturated carbocycles. The Balaban J connectivity index is 1.14. The molecule has 1 heterocycles. The Morgan fingerprint density at radius 3 is 1.47 bits per heavy atom. The summed E-state index contributed by atoms with van der Waals surface area (Å²) in [4.78, 5) is 55.7. The van der Waals surface area contributed by atoms with Crippen molar-refractivity contribution in [2.24, 2.45) is 0 Å². The molecular weight excluding hydrogens is 683 g/mol. The van der Waals surface area contributed by atoms with Gasteiger partial charge in [-0.1, -0.05) is 60.7 Å². The molecule has 262 valence electrons. The van der Waals surface area contributed by atoms with Crippen molar-refractivity contribution < 1.29 is 23.6 Å². The molecule has 0 aliphatic heterocycles. The van der Waals surface area contributed by atoms with Gasteiger partial charge in [-0.2, -0.15) is 23.5 Å². The highest BCUT2D eigenvalue weighted by Crippen LogP contribution is 2.28. The molecule has 4 N–H and O–H groups in total. The molecule has 5 aromatic rings. The van der Waals surface area contributed by atoms with Crippen LogP contribution in [0.3, 0.4) is 0 Å². The Bertz CT molecular complexity index is 1760. The van der Waals surface area contributed by atoms with Crippen LogP contribution < -0.4 is 21.3 Å². The van der Waals surface area contributed by atoms with E-state index in [0.29, 0.717) is 40.1 Å². The molecule has 0 aliphatic rings. The summed E-state index contributed by atoms with van der Waals surface area (Å²) in [6.07, 6.45) is 5.79. The van der Waals surface area contributed by atoms with E-state index >= 15 is 0 Å². The van der Waals surface area contributed by atoms with Gasteiger partial charge < -0.3 is 25.7 Å². The van der Waals surface area contributed by atoms with Gasteiger partial charge in [0.05, 0.1) is 19.0 Å². The van der Waals surface area contributed by atoms with Crippen LogP contribution in [0.15, 0.2) is 120 Å². The summed E-state index contributed by atoms with van der Waals surface area (Å²) in [5, 5.41) is 11.5. The molecule has 5 rings (SSSR count). The van der Waals surface area contributed by atoms with E-state index < -0.39 is 12.1 Å². The molecule has 12 heteroatoms. The molecule has 2 atom stereocenters. The zero-order valence-corrected chi connectivity index (χ0v) is 29.9. The van der Waals surface area contributed by atoms with Crippen molar-refractivity contribution in [3.8, 4) is 22.8 Å². The van der Waals surface area contributed by atoms with Crippen molar-refractivity contribution in [1.29, 1.82) is 0 Å². The van der Waals surface area contributed by atoms with E-state index in [9.17, 15) is 19.2 Å². The third-order valence-electron chi connectivity index (χ3n) is 7.73. The van der Waals surface area contributed by atoms with E-state index in [-0.39, 0.29) is 36.5 Å². The van der Waals surface area contributed by atoms with E-state index in [1.165, 1.54) is 23.5 Å². The summed E-state index contributed by atoms with van der Waals surface area (Å²) in [5.74, 6) is 0.778. The Morgan fingerprint density at radius 2 is 1.04 bits per heavy atom. The van der Waals surface area contributed by atoms with Crippen LogP contribution in [-0.4, -0.2) is 64.7 Å². The van der Waals surface area contributed by atoms with E-state index in [1.54, 1.807) is 42.6 Å². The second-order valence-electron chi connectivity index (χ2n) is 11.6. The molecular formula is C39H39N5O5S2. The maximum absolute atomic E-state index is 13.0. The first kappa shape index (κ1) is 36.9. The van der Waals surface area contributed by atoms with E-state index in [1.807, 2.05) is 85.3 Å². The van der Waals surface area contributed by atoms with Gasteiger partial charge in [-0.3, -0.25) is 19.2 Å². The number of anilines is 2. The van der Waals surface area contributed by atoms with Crippen LogP contribution >= 0.6 is 23.5 Å². The third-order valence-corrected chi connectivity index (χ3v) is 9.06. The van der Waals surface area contributed by atoms with Crippen LogP contribution in [0, 0.1) is 0 Å². The number of benzene rings is 4. The smallest absolute Gasteiger partial charge is 0.247 e. The number of oxazole rings is 1. The number of thioether (sulfide) groups is 2. The van der Waals surface area contributed by atoms with Gasteiger partial charge in [0.2, 0.25) is 29.5 Å². The van der Waals surface area contributed by atoms with Gasteiger partial charge in [0.25, 0.3) is 0 Å². The zero-order chi connectivity index (χ0) is 36.0. The average Bonchev–Trinajstić information content (AvgIpc) is 3.63. The minimum Gasteiger partial charge on any atom is -0.436 e. The summed E-state index contributed by atoms with van der Waals surface area (Å²) in [6.45, 7) is 0. The van der Waals surface area contributed by atoms with Crippen LogP contribution in [0.1, 0.15) is 11.1 Å². The lowest BCUT2D eigenvalue weighted by Gasteiger charge is -2.18. The van der Waals surface area contributed by atoms with Crippen LogP contribution in [0.4, 0.5) is 11.4 Å². The number of nitrogens with one attached hydrogen (secondary N) is 4. The first-order valence-corrected chi connectivity index (χ1v) is 19.0. The van der Waals surface area contributed by atoms with Gasteiger partial charge in [0.1, 0.15) is 12.1 Å². The van der Waals surface area contributed by atoms with Crippen molar-refractivity contribution in [3.63, 3.8) is 0 Å². The molecule has 10 nitrogen and oxygen atoms in total. The Labute approximate surface area is 305 Å². The summed E-state index contributed by atoms with van der Waals surface area (Å²) in [5.41, 5.74) is 4.40. The number of hydrogen-bond donors (Lipinski definition) is 4. The largest absolute Gasteiger partial charge is 0.436 e. The SMILES string of the molecule is CSCC(NC(=O)Cc1ccccc1)C(=O)Nc1ccc(-c2cnc(-c3ccc(NC(=O)C(CSC)NC(=O)Cc4ccccc4)cc3)o2)cc1. The third kappa shape index (κ3) is 11.1. The highest BCUT2D eigenvalue weighted by atomic mass is 32.2. The maximum atomic E-state index is 13.0. The van der Waals surface area contributed by atoms with Gasteiger partial charge in [-0.15, -0.1) is 0 Å². The van der Waals surface area contributed by atoms with Gasteiger partial charge >= 0.3 is 0 Å². The molecule has 0 fully saturated rings. The van der Waals surface area contributed by atoms with Gasteiger partial charge in [-0.05, 0) is 72.2 Å². The van der Waals surface area contributed by atoms with Crippen molar-refractivity contribution in [2.45, 2.75) is 24.9 Å². The highest BCUT2D eigenvalue weighted by Gasteiger charge is 2.22. The predicted octanol–water partition coefficient (Wildman–Crippen LogP) is 6.07. The quantitative estimate of drug-likeness (QED) is 0.0963. The Kier molecular flexibility index (Phi) is 13.5. The molecule has 0 spiro atoms. The van der Waals surface area contributed by atoms with E-state index in [2.05, 4.69) is 26.3 Å². The van der Waals surface area contributed by atoms with Crippen molar-refractivity contribution in [2.75, 3.05) is 34.7 Å². The predicted molar refractivity (Wildman–Crippen MR) is 206 cm³/mol. The molecule has 51 heavy (non-hydrogen) atoms. The van der Waals surface area contributed by atoms with Crippen molar-refractivity contribution >= 4 is 58.5 Å². The van der Waals surface area contributed by atoms with Crippen LogP contribution in [0.2, 0.25) is 0 Å². The summed E-state index contributed by atoms with van der Waals surface area (Å²) >= 11 is 2.95. The lowest BCUT2D eigenvalue weighted by atomic mass is 10.1. The minimum absolute atomic E-state index is 0.197. The molecule has 0 aliphatic carbocycles. The molecule has 1 aromatic heterocycles. The van der Waals surface area contributed by atoms with E-state index in [0.717, 1.165) is 16.7 Å². The normalized spacial score (nSPS) is 12.0. The number of amides is 4. The first-order chi connectivity index (χ1) is 24.8. The standard InChI is InChI=1S/C39H39N5O5S2/c1-50-24-32(43-35(45)21-26-9-5-3-6-10-26)37(47)41-30-17-13-28(14-18-30)34-23-40-39(49-34)29-15-19-31(20-16-29)42-38(48)33(25-51-2)44-36(46)22-27-11-7-4-8-12-27/h3-20,23,32-33H,21-22,24-25H2,1-2H3,(H,41,47)(H,42,48)(H,43,45)(H,44,46). The van der Waals surface area contributed by atoms with Crippen molar-refractivity contribution in [1.82, 2.24) is 15.6 Å². The molecule has 2 unspecified atom stereocenters. The second kappa shape index (κ2) is 18.6. The van der Waals surface area contributed by atoms with Crippen LogP contribution in [0.5, 0.6) is 0 Å². The summed E-state index contributed by atoms with van der Waals surface area (Å²) < 4.78 is 6.04. The molecule has 0 bridgehead atoms. The number of nitrogens with zero attached hydrogens (tertiary/aromatic N) is 1. The van der Waals surface area contributed by atoms with Gasteiger partial charge in [0, 0.05) is 34.0 Å². The number of aromatic nitrogens is 1. The average molecular weight is 722 g/mol. The number of rotatable bonds is 16. The first-order valence-electron chi connectivity index (χ1n) is 16.2. The number of carbonyl (C=O) groups excluding carboxylic acids is 4. The Morgan fingerprint density at radius 1 is 0.608 bits per heavy atom. The fourth-order valence-electron chi connectivity index (χ4n) is 5.17. The van der Waals surface area contributed by atoms with Gasteiger partial charge in [0.15, 0.2) is 5.76 Å². The number of carbonyl (C=O) groups is 4. The van der Waals surface area contributed by atoms with E-state index in [4.69, 9.17) is 4.42 Å². The van der Waals surface area contributed by atoms with Crippen LogP contribution in [0.25, 0.3) is 22.8 Å². The topological polar surface area (TPSA) is 142 Å². The molecule has 0 saturated heterocycles. The zero-order valence-electron chi connectivity index (χ0n) is 28.3. The second-order valence-corrected chi connectivity index (χ2v) is 13.5. The minimum atomic E-state index is -0.688. The fraction of sp³-hybridized carbons (Fsp3) is 0.205.